The highest BCUT2D eigenvalue weighted by Gasteiger charge is 2.28. The highest BCUT2D eigenvalue weighted by Crippen LogP contribution is 2.29. The van der Waals surface area contributed by atoms with E-state index in [1.807, 2.05) is 0 Å². The Balaban J connectivity index is 1.83. The van der Waals surface area contributed by atoms with E-state index in [4.69, 9.17) is 0 Å². The molecule has 12 heavy (non-hydrogen) atoms. The van der Waals surface area contributed by atoms with Gasteiger partial charge in [-0.05, 0) is 44.7 Å². The first-order chi connectivity index (χ1) is 5.86. The normalized spacial score (nSPS) is 34.2. The molecule has 1 unspecified atom stereocenters. The molecule has 0 aromatic rings. The van der Waals surface area contributed by atoms with Gasteiger partial charge < -0.3 is 4.90 Å². The van der Waals surface area contributed by atoms with Gasteiger partial charge in [0.15, 0.2) is 0 Å². The molecule has 2 saturated heterocycles. The van der Waals surface area contributed by atoms with E-state index in [9.17, 15) is 0 Å². The predicted molar refractivity (Wildman–Crippen MR) is 50.2 cm³/mol. The fourth-order valence-electron chi connectivity index (χ4n) is 2.60. The lowest BCUT2D eigenvalue weighted by atomic mass is 9.84. The molecular weight excluding hydrogens is 148 g/mol. The Bertz CT molecular complexity index is 138. The van der Waals surface area contributed by atoms with Gasteiger partial charge in [0, 0.05) is 19.6 Å². The van der Waals surface area contributed by atoms with Gasteiger partial charge in [-0.2, -0.15) is 0 Å². The van der Waals surface area contributed by atoms with E-state index in [0.29, 0.717) is 0 Å². The third-order valence-electron chi connectivity index (χ3n) is 3.41. The number of nitrogens with zero attached hydrogens (tertiary/aromatic N) is 2. The van der Waals surface area contributed by atoms with Gasteiger partial charge in [-0.3, -0.25) is 0 Å². The summed E-state index contributed by atoms with van der Waals surface area (Å²) in [6, 6.07) is 0. The zero-order valence-corrected chi connectivity index (χ0v) is 8.00. The van der Waals surface area contributed by atoms with Gasteiger partial charge in [-0.15, -0.1) is 0 Å². The van der Waals surface area contributed by atoms with Crippen molar-refractivity contribution in [1.82, 2.24) is 10.2 Å². The Hall–Kier alpha value is -0.0800. The largest absolute Gasteiger partial charge is 0.306 e. The van der Waals surface area contributed by atoms with Crippen LogP contribution in [0.5, 0.6) is 0 Å². The summed E-state index contributed by atoms with van der Waals surface area (Å²) in [5.41, 5.74) is 0. The molecule has 0 aromatic carbocycles. The van der Waals surface area contributed by atoms with E-state index in [2.05, 4.69) is 17.3 Å². The summed E-state index contributed by atoms with van der Waals surface area (Å²) in [5.74, 6) is 1.98. The summed E-state index contributed by atoms with van der Waals surface area (Å²) >= 11 is 0. The summed E-state index contributed by atoms with van der Waals surface area (Å²) in [6.45, 7) is 4.92. The van der Waals surface area contributed by atoms with Crippen LogP contribution in [0, 0.1) is 11.8 Å². The van der Waals surface area contributed by atoms with Crippen molar-refractivity contribution in [3.63, 3.8) is 0 Å². The Morgan fingerprint density at radius 3 is 2.42 bits per heavy atom. The number of likely N-dealkylation sites (tertiary alicyclic amines) is 1. The maximum absolute atomic E-state index is 4.40. The van der Waals surface area contributed by atoms with E-state index in [-0.39, 0.29) is 0 Å². The van der Waals surface area contributed by atoms with Gasteiger partial charge in [0.05, 0.1) is 0 Å². The molecule has 69 valence electrons. The van der Waals surface area contributed by atoms with Crippen LogP contribution in [-0.2, 0) is 0 Å². The molecule has 0 saturated carbocycles. The van der Waals surface area contributed by atoms with Crippen molar-refractivity contribution in [2.24, 2.45) is 11.8 Å². The highest BCUT2D eigenvalue weighted by molar-refractivity contribution is 4.82. The van der Waals surface area contributed by atoms with Gasteiger partial charge in [0.2, 0.25) is 0 Å². The first-order valence-electron chi connectivity index (χ1n) is 5.18. The fourth-order valence-corrected chi connectivity index (χ4v) is 2.60. The van der Waals surface area contributed by atoms with Crippen molar-refractivity contribution in [3.8, 4) is 0 Å². The summed E-state index contributed by atoms with van der Waals surface area (Å²) < 4.78 is 0. The molecule has 0 N–H and O–H groups in total. The van der Waals surface area contributed by atoms with Crippen molar-refractivity contribution in [1.29, 1.82) is 0 Å². The molecular formula is C10H19N2. The van der Waals surface area contributed by atoms with Crippen LogP contribution in [0.4, 0.5) is 0 Å². The van der Waals surface area contributed by atoms with Gasteiger partial charge in [0.25, 0.3) is 0 Å². The Morgan fingerprint density at radius 2 is 1.83 bits per heavy atom. The van der Waals surface area contributed by atoms with E-state index in [1.54, 1.807) is 0 Å². The molecule has 2 aliphatic heterocycles. The summed E-state index contributed by atoms with van der Waals surface area (Å²) in [4.78, 5) is 2.47. The van der Waals surface area contributed by atoms with Crippen molar-refractivity contribution in [3.05, 3.63) is 0 Å². The second-order valence-corrected chi connectivity index (χ2v) is 4.32. The minimum atomic E-state index is 0.991. The molecule has 0 spiro atoms. The van der Waals surface area contributed by atoms with Crippen molar-refractivity contribution >= 4 is 0 Å². The lowest BCUT2D eigenvalue weighted by Gasteiger charge is -2.26. The van der Waals surface area contributed by atoms with Crippen molar-refractivity contribution < 1.29 is 0 Å². The molecule has 0 aromatic heterocycles. The molecule has 2 heterocycles. The highest BCUT2D eigenvalue weighted by atomic mass is 15.1. The fraction of sp³-hybridized carbons (Fsp3) is 1.00. The second kappa shape index (κ2) is 3.75. The molecule has 1 radical (unpaired) electrons. The molecule has 0 aliphatic carbocycles. The molecule has 2 nitrogen and oxygen atoms in total. The van der Waals surface area contributed by atoms with Crippen LogP contribution in [0.15, 0.2) is 0 Å². The van der Waals surface area contributed by atoms with Gasteiger partial charge in [-0.1, -0.05) is 0 Å². The van der Waals surface area contributed by atoms with Crippen molar-refractivity contribution in [2.45, 2.75) is 19.3 Å². The molecule has 1 atom stereocenters. The predicted octanol–water partition coefficient (Wildman–Crippen LogP) is 0.952. The van der Waals surface area contributed by atoms with Crippen LogP contribution in [0.2, 0.25) is 0 Å². The van der Waals surface area contributed by atoms with Crippen LogP contribution in [0.1, 0.15) is 19.3 Å². The van der Waals surface area contributed by atoms with Gasteiger partial charge in [-0.25, -0.2) is 5.32 Å². The molecule has 2 rings (SSSR count). The minimum Gasteiger partial charge on any atom is -0.306 e. The molecule has 0 bridgehead atoms. The van der Waals surface area contributed by atoms with Crippen LogP contribution < -0.4 is 5.32 Å². The SMILES string of the molecule is CN1CCC(C2CC[N]CC2)C1. The number of rotatable bonds is 1. The third-order valence-corrected chi connectivity index (χ3v) is 3.41. The monoisotopic (exact) mass is 167 g/mol. The van der Waals surface area contributed by atoms with E-state index in [0.717, 1.165) is 24.9 Å². The van der Waals surface area contributed by atoms with Crippen LogP contribution in [0.3, 0.4) is 0 Å². The molecule has 2 heteroatoms. The summed E-state index contributed by atoms with van der Waals surface area (Å²) in [7, 11) is 2.24. The number of hydrogen-bond donors (Lipinski definition) is 0. The summed E-state index contributed by atoms with van der Waals surface area (Å²) in [5, 5.41) is 4.40. The average molecular weight is 167 g/mol. The van der Waals surface area contributed by atoms with Crippen LogP contribution in [0.25, 0.3) is 0 Å². The zero-order chi connectivity index (χ0) is 8.39. The lowest BCUT2D eigenvalue weighted by molar-refractivity contribution is 0.256. The van der Waals surface area contributed by atoms with Gasteiger partial charge >= 0.3 is 0 Å². The minimum absolute atomic E-state index is 0.991. The maximum Gasteiger partial charge on any atom is 0.0136 e. The first-order valence-corrected chi connectivity index (χ1v) is 5.18. The molecule has 2 fully saturated rings. The smallest absolute Gasteiger partial charge is 0.0136 e. The third kappa shape index (κ3) is 1.80. The number of hydrogen-bond acceptors (Lipinski definition) is 1. The Kier molecular flexibility index (Phi) is 2.66. The Labute approximate surface area is 75.3 Å². The average Bonchev–Trinajstić information content (AvgIpc) is 2.54. The molecule has 2 aliphatic rings. The van der Waals surface area contributed by atoms with Gasteiger partial charge in [0.1, 0.15) is 0 Å². The summed E-state index contributed by atoms with van der Waals surface area (Å²) in [6.07, 6.45) is 4.15. The lowest BCUT2D eigenvalue weighted by Crippen LogP contribution is -2.29. The van der Waals surface area contributed by atoms with E-state index < -0.39 is 0 Å². The second-order valence-electron chi connectivity index (χ2n) is 4.32. The van der Waals surface area contributed by atoms with Crippen molar-refractivity contribution in [2.75, 3.05) is 33.2 Å². The molecule has 0 amide bonds. The zero-order valence-electron chi connectivity index (χ0n) is 8.00. The number of piperidine rings is 1. The maximum atomic E-state index is 4.40. The standard InChI is InChI=1S/C10H19N2/c1-12-7-4-10(8-12)9-2-5-11-6-3-9/h9-10H,2-8H2,1H3. The quantitative estimate of drug-likeness (QED) is 0.568. The van der Waals surface area contributed by atoms with E-state index in [1.165, 1.54) is 32.4 Å². The topological polar surface area (TPSA) is 17.3 Å². The van der Waals surface area contributed by atoms with Crippen LogP contribution >= 0.6 is 0 Å². The first kappa shape index (κ1) is 8.52. The van der Waals surface area contributed by atoms with Crippen LogP contribution in [-0.4, -0.2) is 38.1 Å². The van der Waals surface area contributed by atoms with E-state index >= 15 is 0 Å². The Morgan fingerprint density at radius 1 is 1.08 bits per heavy atom.